The molecule has 1 heterocycles. The Morgan fingerprint density at radius 3 is 2.31 bits per heavy atom. The first-order valence-electron chi connectivity index (χ1n) is 11.3. The Morgan fingerprint density at radius 1 is 0.857 bits per heavy atom. The van der Waals surface area contributed by atoms with Gasteiger partial charge < -0.3 is 4.74 Å². The Kier molecular flexibility index (Phi) is 6.63. The maximum absolute atomic E-state index is 13.7. The van der Waals surface area contributed by atoms with Crippen LogP contribution in [0, 0.1) is 0 Å². The topological polar surface area (TPSA) is 46.6 Å². The summed E-state index contributed by atoms with van der Waals surface area (Å²) in [5, 5.41) is 1.34. The Balaban J connectivity index is 1.67. The molecule has 0 bridgehead atoms. The number of carbonyl (C=O) groups is 2. The number of allylic oxidation sites excluding steroid dienone is 2. The van der Waals surface area contributed by atoms with Crippen molar-refractivity contribution in [3.05, 3.63) is 104 Å². The fourth-order valence-electron chi connectivity index (χ4n) is 5.14. The largest absolute Gasteiger partial charge is 0.495 e. The van der Waals surface area contributed by atoms with E-state index in [-0.39, 0.29) is 24.0 Å². The van der Waals surface area contributed by atoms with Crippen molar-refractivity contribution in [1.29, 1.82) is 0 Å². The van der Waals surface area contributed by atoms with Gasteiger partial charge in [0.2, 0.25) is 5.91 Å². The number of rotatable bonds is 4. The average Bonchev–Trinajstić information content (AvgIpc) is 2.84. The molecule has 0 N–H and O–H groups in total. The maximum atomic E-state index is 13.7. The third kappa shape index (κ3) is 4.47. The number of ketones is 1. The SMILES string of the molecule is COc1ccc(N2C(=O)CC(c3ccc(Cl)cc3Cl)C3=C2CC(c2ccccc2)CC3=O)cc1Cl. The van der Waals surface area contributed by atoms with E-state index in [1.54, 1.807) is 35.2 Å². The molecule has 0 radical (unpaired) electrons. The third-order valence-electron chi connectivity index (χ3n) is 6.73. The molecule has 2 aliphatic rings. The molecule has 2 atom stereocenters. The molecule has 3 aromatic rings. The quantitative estimate of drug-likeness (QED) is 0.352. The van der Waals surface area contributed by atoms with E-state index in [0.29, 0.717) is 50.6 Å². The van der Waals surface area contributed by atoms with Crippen molar-refractivity contribution in [2.45, 2.75) is 31.1 Å². The zero-order chi connectivity index (χ0) is 24.7. The van der Waals surface area contributed by atoms with Crippen molar-refractivity contribution in [3.63, 3.8) is 0 Å². The minimum absolute atomic E-state index is 0.0215. The van der Waals surface area contributed by atoms with Crippen molar-refractivity contribution in [2.24, 2.45) is 0 Å². The Morgan fingerprint density at radius 2 is 1.63 bits per heavy atom. The number of carbonyl (C=O) groups excluding carboxylic acids is 2. The third-order valence-corrected chi connectivity index (χ3v) is 7.59. The van der Waals surface area contributed by atoms with E-state index in [1.807, 2.05) is 36.4 Å². The van der Waals surface area contributed by atoms with E-state index in [4.69, 9.17) is 39.5 Å². The van der Waals surface area contributed by atoms with E-state index in [9.17, 15) is 9.59 Å². The number of methoxy groups -OCH3 is 1. The monoisotopic (exact) mass is 525 g/mol. The van der Waals surface area contributed by atoms with E-state index in [2.05, 4.69) is 0 Å². The Bertz CT molecular complexity index is 1350. The van der Waals surface area contributed by atoms with Crippen LogP contribution >= 0.6 is 34.8 Å². The maximum Gasteiger partial charge on any atom is 0.232 e. The predicted molar refractivity (Wildman–Crippen MR) is 140 cm³/mol. The minimum atomic E-state index is -0.434. The van der Waals surface area contributed by atoms with E-state index in [0.717, 1.165) is 11.1 Å². The van der Waals surface area contributed by atoms with Crippen LogP contribution in [0.15, 0.2) is 78.0 Å². The first-order chi connectivity index (χ1) is 16.9. The molecule has 4 nitrogen and oxygen atoms in total. The first-order valence-corrected chi connectivity index (χ1v) is 12.4. The minimum Gasteiger partial charge on any atom is -0.495 e. The highest BCUT2D eigenvalue weighted by Gasteiger charge is 2.43. The number of amides is 1. The van der Waals surface area contributed by atoms with Gasteiger partial charge in [-0.3, -0.25) is 14.5 Å². The number of ether oxygens (including phenoxy) is 1. The molecule has 5 rings (SSSR count). The molecule has 7 heteroatoms. The molecule has 3 aromatic carbocycles. The molecule has 0 aromatic heterocycles. The van der Waals surface area contributed by atoms with Gasteiger partial charge in [-0.05, 0) is 53.8 Å². The van der Waals surface area contributed by atoms with Crippen molar-refractivity contribution < 1.29 is 14.3 Å². The van der Waals surface area contributed by atoms with Crippen LogP contribution in [-0.4, -0.2) is 18.8 Å². The van der Waals surface area contributed by atoms with Crippen LogP contribution < -0.4 is 9.64 Å². The molecule has 35 heavy (non-hydrogen) atoms. The zero-order valence-corrected chi connectivity index (χ0v) is 21.2. The summed E-state index contributed by atoms with van der Waals surface area (Å²) < 4.78 is 5.28. The second kappa shape index (κ2) is 9.69. The summed E-state index contributed by atoms with van der Waals surface area (Å²) >= 11 is 19.1. The van der Waals surface area contributed by atoms with E-state index in [1.165, 1.54) is 7.11 Å². The molecule has 178 valence electrons. The Labute approximate surface area is 219 Å². The molecule has 1 amide bonds. The van der Waals surface area contributed by atoms with Crippen LogP contribution in [0.1, 0.15) is 42.2 Å². The normalized spacial score (nSPS) is 20.2. The van der Waals surface area contributed by atoms with Crippen LogP contribution in [-0.2, 0) is 9.59 Å². The standard InChI is InChI=1S/C28H22Cl3NO3/c1-35-26-10-8-19(14-23(26)31)32-24-11-17(16-5-3-2-4-6-16)12-25(33)28(24)21(15-27(32)34)20-9-7-18(29)13-22(20)30/h2-10,13-14,17,21H,11-12,15H2,1H3. The van der Waals surface area contributed by atoms with Gasteiger partial charge in [-0.25, -0.2) is 0 Å². The fourth-order valence-corrected chi connectivity index (χ4v) is 5.93. The van der Waals surface area contributed by atoms with Crippen LogP contribution in [0.25, 0.3) is 0 Å². The van der Waals surface area contributed by atoms with E-state index >= 15 is 0 Å². The molecule has 0 spiro atoms. The van der Waals surface area contributed by atoms with Gasteiger partial charge in [-0.1, -0.05) is 71.2 Å². The molecule has 1 aliphatic heterocycles. The highest BCUT2D eigenvalue weighted by Crippen LogP contribution is 2.48. The van der Waals surface area contributed by atoms with Crippen molar-refractivity contribution >= 4 is 52.2 Å². The average molecular weight is 527 g/mol. The van der Waals surface area contributed by atoms with Gasteiger partial charge in [0.05, 0.1) is 17.8 Å². The van der Waals surface area contributed by atoms with Gasteiger partial charge in [-0.2, -0.15) is 0 Å². The van der Waals surface area contributed by atoms with Crippen LogP contribution in [0.3, 0.4) is 0 Å². The summed E-state index contributed by atoms with van der Waals surface area (Å²) in [6.45, 7) is 0. The Hall–Kier alpha value is -2.79. The van der Waals surface area contributed by atoms with Crippen molar-refractivity contribution in [3.8, 4) is 5.75 Å². The number of hydrogen-bond acceptors (Lipinski definition) is 3. The summed E-state index contributed by atoms with van der Waals surface area (Å²) in [6, 6.07) is 20.4. The molecular weight excluding hydrogens is 505 g/mol. The molecule has 0 fully saturated rings. The fraction of sp³-hybridized carbons (Fsp3) is 0.214. The number of nitrogens with zero attached hydrogens (tertiary/aromatic N) is 1. The second-order valence-electron chi connectivity index (χ2n) is 8.77. The summed E-state index contributed by atoms with van der Waals surface area (Å²) in [7, 11) is 1.54. The lowest BCUT2D eigenvalue weighted by molar-refractivity contribution is -0.120. The number of anilines is 1. The van der Waals surface area contributed by atoms with Gasteiger partial charge in [0.25, 0.3) is 0 Å². The van der Waals surface area contributed by atoms with Crippen LogP contribution in [0.4, 0.5) is 5.69 Å². The lowest BCUT2D eigenvalue weighted by Crippen LogP contribution is -2.41. The lowest BCUT2D eigenvalue weighted by Gasteiger charge is -2.40. The molecule has 1 aliphatic carbocycles. The summed E-state index contributed by atoms with van der Waals surface area (Å²) in [5.74, 6) is -0.0557. The second-order valence-corrected chi connectivity index (χ2v) is 10.0. The first kappa shape index (κ1) is 23.9. The predicted octanol–water partition coefficient (Wildman–Crippen LogP) is 7.58. The molecule has 0 saturated heterocycles. The van der Waals surface area contributed by atoms with Gasteiger partial charge >= 0.3 is 0 Å². The smallest absolute Gasteiger partial charge is 0.232 e. The van der Waals surface area contributed by atoms with Gasteiger partial charge in [0.15, 0.2) is 5.78 Å². The summed E-state index contributed by atoms with van der Waals surface area (Å²) in [5.41, 5.74) is 3.74. The highest BCUT2D eigenvalue weighted by atomic mass is 35.5. The van der Waals surface area contributed by atoms with Gasteiger partial charge in [0, 0.05) is 40.1 Å². The van der Waals surface area contributed by atoms with Crippen LogP contribution in [0.2, 0.25) is 15.1 Å². The number of halogens is 3. The lowest BCUT2D eigenvalue weighted by atomic mass is 9.72. The zero-order valence-electron chi connectivity index (χ0n) is 18.9. The van der Waals surface area contributed by atoms with Crippen molar-refractivity contribution in [1.82, 2.24) is 0 Å². The van der Waals surface area contributed by atoms with E-state index < -0.39 is 5.92 Å². The molecular formula is C28H22Cl3NO3. The molecule has 2 unspecified atom stereocenters. The van der Waals surface area contributed by atoms with Gasteiger partial charge in [-0.15, -0.1) is 0 Å². The number of Topliss-reactive ketones (excluding diaryl/α,β-unsaturated/α-hetero) is 1. The highest BCUT2D eigenvalue weighted by molar-refractivity contribution is 6.35. The summed E-state index contributed by atoms with van der Waals surface area (Å²) in [4.78, 5) is 29.0. The van der Waals surface area contributed by atoms with Crippen molar-refractivity contribution in [2.75, 3.05) is 12.0 Å². The number of benzene rings is 3. The number of hydrogen-bond donors (Lipinski definition) is 0. The summed E-state index contributed by atoms with van der Waals surface area (Å²) in [6.07, 6.45) is 1.03. The molecule has 0 saturated carbocycles. The van der Waals surface area contributed by atoms with Gasteiger partial charge in [0.1, 0.15) is 5.75 Å². The van der Waals surface area contributed by atoms with Crippen LogP contribution in [0.5, 0.6) is 5.75 Å².